The molecule has 2 aromatic carbocycles. The SMILES string of the molecule is CNC(=O)c1cc(-c2ccccc2)ccc1CCn1cccc1. The lowest BCUT2D eigenvalue weighted by Crippen LogP contribution is -2.20. The zero-order chi connectivity index (χ0) is 16.1. The van der Waals surface area contributed by atoms with Gasteiger partial charge in [-0.05, 0) is 41.3 Å². The molecule has 1 aromatic heterocycles. The molecule has 1 N–H and O–H groups in total. The van der Waals surface area contributed by atoms with Crippen molar-refractivity contribution in [1.82, 2.24) is 9.88 Å². The number of nitrogens with zero attached hydrogens (tertiary/aromatic N) is 1. The highest BCUT2D eigenvalue weighted by molar-refractivity contribution is 5.96. The lowest BCUT2D eigenvalue weighted by atomic mass is 9.97. The normalized spacial score (nSPS) is 10.5. The summed E-state index contributed by atoms with van der Waals surface area (Å²) in [4.78, 5) is 12.3. The average molecular weight is 304 g/mol. The maximum Gasteiger partial charge on any atom is 0.251 e. The summed E-state index contributed by atoms with van der Waals surface area (Å²) in [6, 6.07) is 20.3. The fourth-order valence-electron chi connectivity index (χ4n) is 2.72. The third kappa shape index (κ3) is 3.51. The molecule has 3 heteroatoms. The first kappa shape index (κ1) is 15.1. The third-order valence-electron chi connectivity index (χ3n) is 3.99. The number of aryl methyl sites for hydroxylation is 2. The van der Waals surface area contributed by atoms with E-state index >= 15 is 0 Å². The molecular formula is C20H20N2O. The van der Waals surface area contributed by atoms with Gasteiger partial charge in [0.15, 0.2) is 0 Å². The molecule has 0 aliphatic carbocycles. The largest absolute Gasteiger partial charge is 0.355 e. The number of carbonyl (C=O) groups excluding carboxylic acids is 1. The Morgan fingerprint density at radius 2 is 1.70 bits per heavy atom. The third-order valence-corrected chi connectivity index (χ3v) is 3.99. The summed E-state index contributed by atoms with van der Waals surface area (Å²) >= 11 is 0. The van der Waals surface area contributed by atoms with Crippen LogP contribution in [0, 0.1) is 0 Å². The van der Waals surface area contributed by atoms with E-state index in [2.05, 4.69) is 34.1 Å². The molecule has 0 radical (unpaired) electrons. The molecule has 1 heterocycles. The minimum absolute atomic E-state index is 0.0368. The topological polar surface area (TPSA) is 34.0 Å². The summed E-state index contributed by atoms with van der Waals surface area (Å²) < 4.78 is 2.12. The van der Waals surface area contributed by atoms with E-state index in [1.165, 1.54) is 0 Å². The summed E-state index contributed by atoms with van der Waals surface area (Å²) in [6.45, 7) is 0.863. The van der Waals surface area contributed by atoms with Gasteiger partial charge in [0.1, 0.15) is 0 Å². The van der Waals surface area contributed by atoms with Gasteiger partial charge in [-0.25, -0.2) is 0 Å². The van der Waals surface area contributed by atoms with Gasteiger partial charge in [0.25, 0.3) is 5.91 Å². The van der Waals surface area contributed by atoms with Gasteiger partial charge in [-0.1, -0.05) is 42.5 Å². The van der Waals surface area contributed by atoms with Crippen LogP contribution in [0.4, 0.5) is 0 Å². The molecule has 23 heavy (non-hydrogen) atoms. The first-order valence-corrected chi connectivity index (χ1v) is 7.79. The Bertz CT molecular complexity index is 777. The first-order valence-electron chi connectivity index (χ1n) is 7.79. The number of amides is 1. The Balaban J connectivity index is 1.91. The quantitative estimate of drug-likeness (QED) is 0.765. The van der Waals surface area contributed by atoms with E-state index in [0.29, 0.717) is 0 Å². The van der Waals surface area contributed by atoms with Crippen molar-refractivity contribution in [2.24, 2.45) is 0 Å². The summed E-state index contributed by atoms with van der Waals surface area (Å²) in [7, 11) is 1.67. The smallest absolute Gasteiger partial charge is 0.251 e. The summed E-state index contributed by atoms with van der Waals surface area (Å²) in [5.74, 6) is -0.0368. The number of rotatable bonds is 5. The second kappa shape index (κ2) is 6.97. The van der Waals surface area contributed by atoms with Crippen LogP contribution in [0.25, 0.3) is 11.1 Å². The van der Waals surface area contributed by atoms with Crippen molar-refractivity contribution in [1.29, 1.82) is 0 Å². The molecule has 3 rings (SSSR count). The van der Waals surface area contributed by atoms with Crippen LogP contribution in [0.3, 0.4) is 0 Å². The van der Waals surface area contributed by atoms with Gasteiger partial charge in [-0.3, -0.25) is 4.79 Å². The number of hydrogen-bond acceptors (Lipinski definition) is 1. The van der Waals surface area contributed by atoms with E-state index in [4.69, 9.17) is 0 Å². The highest BCUT2D eigenvalue weighted by Crippen LogP contribution is 2.23. The van der Waals surface area contributed by atoms with Crippen LogP contribution in [-0.2, 0) is 13.0 Å². The highest BCUT2D eigenvalue weighted by atomic mass is 16.1. The predicted molar refractivity (Wildman–Crippen MR) is 93.4 cm³/mol. The average Bonchev–Trinajstić information content (AvgIpc) is 3.13. The molecule has 0 atom stereocenters. The van der Waals surface area contributed by atoms with Crippen molar-refractivity contribution in [3.63, 3.8) is 0 Å². The molecule has 0 saturated carbocycles. The molecule has 0 spiro atoms. The molecule has 3 aromatic rings. The summed E-state index contributed by atoms with van der Waals surface area (Å²) in [6.07, 6.45) is 4.91. The van der Waals surface area contributed by atoms with Crippen molar-refractivity contribution in [2.45, 2.75) is 13.0 Å². The van der Waals surface area contributed by atoms with Crippen molar-refractivity contribution >= 4 is 5.91 Å². The maximum atomic E-state index is 12.3. The van der Waals surface area contributed by atoms with Crippen LogP contribution in [0.1, 0.15) is 15.9 Å². The fraction of sp³-hybridized carbons (Fsp3) is 0.150. The van der Waals surface area contributed by atoms with Gasteiger partial charge in [-0.2, -0.15) is 0 Å². The van der Waals surface area contributed by atoms with Gasteiger partial charge in [0.2, 0.25) is 0 Å². The van der Waals surface area contributed by atoms with Gasteiger partial charge in [-0.15, -0.1) is 0 Å². The minimum atomic E-state index is -0.0368. The van der Waals surface area contributed by atoms with Crippen molar-refractivity contribution in [3.05, 3.63) is 84.2 Å². The fourth-order valence-corrected chi connectivity index (χ4v) is 2.72. The first-order chi connectivity index (χ1) is 11.3. The minimum Gasteiger partial charge on any atom is -0.355 e. The molecule has 1 amide bonds. The maximum absolute atomic E-state index is 12.3. The predicted octanol–water partition coefficient (Wildman–Crippen LogP) is 3.76. The molecule has 0 unspecified atom stereocenters. The van der Waals surface area contributed by atoms with Crippen LogP contribution < -0.4 is 5.32 Å². The number of nitrogens with one attached hydrogen (secondary N) is 1. The van der Waals surface area contributed by atoms with Crippen molar-refractivity contribution in [2.75, 3.05) is 7.05 Å². The molecule has 116 valence electrons. The van der Waals surface area contributed by atoms with Gasteiger partial charge in [0, 0.05) is 31.5 Å². The Morgan fingerprint density at radius 3 is 2.39 bits per heavy atom. The van der Waals surface area contributed by atoms with E-state index in [0.717, 1.165) is 35.2 Å². The molecule has 0 bridgehead atoms. The van der Waals surface area contributed by atoms with Gasteiger partial charge < -0.3 is 9.88 Å². The van der Waals surface area contributed by atoms with Crippen LogP contribution in [0.15, 0.2) is 73.1 Å². The van der Waals surface area contributed by atoms with Gasteiger partial charge in [0.05, 0.1) is 0 Å². The number of hydrogen-bond donors (Lipinski definition) is 1. The molecule has 0 saturated heterocycles. The number of benzene rings is 2. The molecule has 0 aliphatic heterocycles. The summed E-state index contributed by atoms with van der Waals surface area (Å²) in [5.41, 5.74) is 4.00. The van der Waals surface area contributed by atoms with Crippen LogP contribution in [0.5, 0.6) is 0 Å². The monoisotopic (exact) mass is 304 g/mol. The van der Waals surface area contributed by atoms with E-state index in [-0.39, 0.29) is 5.91 Å². The lowest BCUT2D eigenvalue weighted by molar-refractivity contribution is 0.0962. The van der Waals surface area contributed by atoms with E-state index in [1.807, 2.05) is 48.8 Å². The van der Waals surface area contributed by atoms with Gasteiger partial charge >= 0.3 is 0 Å². The molecular weight excluding hydrogens is 284 g/mol. The zero-order valence-electron chi connectivity index (χ0n) is 13.2. The Hall–Kier alpha value is -2.81. The van der Waals surface area contributed by atoms with Crippen molar-refractivity contribution in [3.8, 4) is 11.1 Å². The summed E-state index contributed by atoms with van der Waals surface area (Å²) in [5, 5.41) is 2.75. The Kier molecular flexibility index (Phi) is 4.57. The molecule has 0 aliphatic rings. The van der Waals surface area contributed by atoms with Crippen LogP contribution in [0.2, 0.25) is 0 Å². The molecule has 3 nitrogen and oxygen atoms in total. The second-order valence-corrected chi connectivity index (χ2v) is 5.49. The van der Waals surface area contributed by atoms with E-state index in [9.17, 15) is 4.79 Å². The zero-order valence-corrected chi connectivity index (χ0v) is 13.2. The Morgan fingerprint density at radius 1 is 0.957 bits per heavy atom. The number of aromatic nitrogens is 1. The van der Waals surface area contributed by atoms with E-state index < -0.39 is 0 Å². The second-order valence-electron chi connectivity index (χ2n) is 5.49. The van der Waals surface area contributed by atoms with E-state index in [1.54, 1.807) is 7.05 Å². The Labute approximate surface area is 136 Å². The standard InChI is InChI=1S/C20H20N2O/c1-21-20(23)19-15-18(16-7-3-2-4-8-16)10-9-17(19)11-14-22-12-5-6-13-22/h2-10,12-13,15H,11,14H2,1H3,(H,21,23). The molecule has 0 fully saturated rings. The highest BCUT2D eigenvalue weighted by Gasteiger charge is 2.11. The van der Waals surface area contributed by atoms with Crippen LogP contribution >= 0.6 is 0 Å². The number of carbonyl (C=O) groups is 1. The van der Waals surface area contributed by atoms with Crippen molar-refractivity contribution < 1.29 is 4.79 Å². The lowest BCUT2D eigenvalue weighted by Gasteiger charge is -2.12. The van der Waals surface area contributed by atoms with Crippen LogP contribution in [-0.4, -0.2) is 17.5 Å².